The Kier molecular flexibility index (Phi) is 3.37. The van der Waals surface area contributed by atoms with Crippen LogP contribution < -0.4 is 5.73 Å². The van der Waals surface area contributed by atoms with E-state index in [-0.39, 0.29) is 18.2 Å². The van der Waals surface area contributed by atoms with Gasteiger partial charge in [-0.1, -0.05) is 0 Å². The van der Waals surface area contributed by atoms with Crippen molar-refractivity contribution in [1.82, 2.24) is 0 Å². The maximum Gasteiger partial charge on any atom is 0.261 e. The van der Waals surface area contributed by atoms with Gasteiger partial charge in [0.05, 0.1) is 12.2 Å². The average Bonchev–Trinajstić information content (AvgIpc) is 1.97. The van der Waals surface area contributed by atoms with Gasteiger partial charge in [0.15, 0.2) is 0 Å². The van der Waals surface area contributed by atoms with Crippen LogP contribution in [0.5, 0.6) is 0 Å². The number of methoxy groups -OCH3 is 1. The Morgan fingerprint density at radius 3 is 2.67 bits per heavy atom. The van der Waals surface area contributed by atoms with Crippen LogP contribution in [0.25, 0.3) is 0 Å². The van der Waals surface area contributed by atoms with Gasteiger partial charge in [-0.25, -0.2) is 8.78 Å². The zero-order valence-corrected chi connectivity index (χ0v) is 6.87. The Balaban J connectivity index is 2.17. The van der Waals surface area contributed by atoms with Crippen LogP contribution >= 0.6 is 0 Å². The zero-order chi connectivity index (χ0) is 9.14. The number of alkyl halides is 2. The fraction of sp³-hybridized carbons (Fsp3) is 1.00. The molecule has 1 saturated carbocycles. The molecule has 12 heavy (non-hydrogen) atoms. The molecule has 0 bridgehead atoms. The molecule has 0 aromatic heterocycles. The molecule has 0 aromatic rings. The summed E-state index contributed by atoms with van der Waals surface area (Å²) in [6.45, 7) is -0.531. The summed E-state index contributed by atoms with van der Waals surface area (Å²) >= 11 is 0. The number of nitrogens with two attached hydrogens (primary N) is 1. The molecule has 0 saturated heterocycles. The lowest BCUT2D eigenvalue weighted by molar-refractivity contribution is -0.143. The minimum atomic E-state index is -2.42. The van der Waals surface area contributed by atoms with Gasteiger partial charge in [-0.2, -0.15) is 0 Å². The van der Waals surface area contributed by atoms with E-state index in [4.69, 9.17) is 15.2 Å². The third kappa shape index (κ3) is 2.12. The molecule has 0 amide bonds. The van der Waals surface area contributed by atoms with Crippen molar-refractivity contribution < 1.29 is 18.3 Å². The minimum Gasteiger partial charge on any atom is -0.377 e. The Bertz CT molecular complexity index is 145. The van der Waals surface area contributed by atoms with Crippen molar-refractivity contribution in [1.29, 1.82) is 0 Å². The molecule has 0 radical (unpaired) electrons. The van der Waals surface area contributed by atoms with Gasteiger partial charge in [0.2, 0.25) is 0 Å². The summed E-state index contributed by atoms with van der Waals surface area (Å²) in [6.07, 6.45) is -2.28. The van der Waals surface area contributed by atoms with Crippen molar-refractivity contribution in [2.75, 3.05) is 13.7 Å². The standard InChI is InChI=1S/C7H13F2NO2/c1-11-7-4(10)2-5(7)12-3-6(8)9/h4-7H,2-3,10H2,1H3. The first kappa shape index (κ1) is 9.83. The molecule has 3 unspecified atom stereocenters. The van der Waals surface area contributed by atoms with Crippen LogP contribution in [0.15, 0.2) is 0 Å². The predicted octanol–water partition coefficient (Wildman–Crippen LogP) is 0.383. The van der Waals surface area contributed by atoms with Gasteiger partial charge < -0.3 is 15.2 Å². The molecule has 1 fully saturated rings. The smallest absolute Gasteiger partial charge is 0.261 e. The molecule has 0 spiro atoms. The van der Waals surface area contributed by atoms with Crippen LogP contribution in [-0.4, -0.2) is 38.4 Å². The van der Waals surface area contributed by atoms with Gasteiger partial charge in [0.25, 0.3) is 6.43 Å². The Labute approximate surface area is 69.8 Å². The van der Waals surface area contributed by atoms with E-state index >= 15 is 0 Å². The van der Waals surface area contributed by atoms with Crippen molar-refractivity contribution in [3.63, 3.8) is 0 Å². The normalized spacial score (nSPS) is 35.2. The molecule has 0 aromatic carbocycles. The molecule has 3 atom stereocenters. The van der Waals surface area contributed by atoms with Crippen LogP contribution in [0.4, 0.5) is 8.78 Å². The SMILES string of the molecule is COC1C(N)CC1OCC(F)F. The second-order valence-corrected chi connectivity index (χ2v) is 2.86. The van der Waals surface area contributed by atoms with Gasteiger partial charge in [-0.15, -0.1) is 0 Å². The lowest BCUT2D eigenvalue weighted by Crippen LogP contribution is -2.58. The number of rotatable bonds is 4. The Morgan fingerprint density at radius 2 is 2.25 bits per heavy atom. The van der Waals surface area contributed by atoms with Crippen molar-refractivity contribution in [2.24, 2.45) is 5.73 Å². The van der Waals surface area contributed by atoms with Gasteiger partial charge in [0.1, 0.15) is 6.61 Å². The highest BCUT2D eigenvalue weighted by Crippen LogP contribution is 2.25. The molecule has 72 valence electrons. The molecule has 2 N–H and O–H groups in total. The van der Waals surface area contributed by atoms with E-state index in [0.717, 1.165) is 0 Å². The lowest BCUT2D eigenvalue weighted by Gasteiger charge is -2.40. The summed E-state index contributed by atoms with van der Waals surface area (Å²) in [6, 6.07) is -0.0716. The van der Waals surface area contributed by atoms with E-state index in [1.807, 2.05) is 0 Å². The zero-order valence-electron chi connectivity index (χ0n) is 6.87. The van der Waals surface area contributed by atoms with E-state index in [0.29, 0.717) is 6.42 Å². The maximum atomic E-state index is 11.7. The van der Waals surface area contributed by atoms with Crippen LogP contribution in [0.3, 0.4) is 0 Å². The molecular weight excluding hydrogens is 168 g/mol. The molecule has 3 nitrogen and oxygen atoms in total. The van der Waals surface area contributed by atoms with Crippen LogP contribution in [0, 0.1) is 0 Å². The molecular formula is C7H13F2NO2. The summed E-state index contributed by atoms with van der Waals surface area (Å²) < 4.78 is 33.2. The first-order valence-electron chi connectivity index (χ1n) is 3.83. The average molecular weight is 181 g/mol. The predicted molar refractivity (Wildman–Crippen MR) is 39.1 cm³/mol. The number of halogens is 2. The van der Waals surface area contributed by atoms with E-state index in [1.165, 1.54) is 7.11 Å². The molecule has 1 aliphatic rings. The van der Waals surface area contributed by atoms with Crippen molar-refractivity contribution >= 4 is 0 Å². The number of ether oxygens (including phenoxy) is 2. The van der Waals surface area contributed by atoms with Gasteiger partial charge in [0, 0.05) is 13.2 Å². The first-order valence-corrected chi connectivity index (χ1v) is 3.83. The summed E-state index contributed by atoms with van der Waals surface area (Å²) in [5.74, 6) is 0. The highest BCUT2D eigenvalue weighted by molar-refractivity contribution is 4.94. The highest BCUT2D eigenvalue weighted by Gasteiger charge is 2.40. The van der Waals surface area contributed by atoms with Crippen LogP contribution in [0.2, 0.25) is 0 Å². The minimum absolute atomic E-state index is 0.0716. The van der Waals surface area contributed by atoms with Crippen molar-refractivity contribution in [3.8, 4) is 0 Å². The molecule has 0 heterocycles. The maximum absolute atomic E-state index is 11.7. The second-order valence-electron chi connectivity index (χ2n) is 2.86. The third-order valence-electron chi connectivity index (χ3n) is 2.00. The molecule has 1 aliphatic carbocycles. The summed E-state index contributed by atoms with van der Waals surface area (Å²) in [5, 5.41) is 0. The fourth-order valence-electron chi connectivity index (χ4n) is 1.30. The molecule has 5 heteroatoms. The van der Waals surface area contributed by atoms with Crippen molar-refractivity contribution in [2.45, 2.75) is 31.1 Å². The quantitative estimate of drug-likeness (QED) is 0.682. The molecule has 1 rings (SSSR count). The van der Waals surface area contributed by atoms with Crippen LogP contribution in [0.1, 0.15) is 6.42 Å². The van der Waals surface area contributed by atoms with Crippen molar-refractivity contribution in [3.05, 3.63) is 0 Å². The van der Waals surface area contributed by atoms with E-state index < -0.39 is 13.0 Å². The summed E-state index contributed by atoms with van der Waals surface area (Å²) in [5.41, 5.74) is 5.54. The first-order chi connectivity index (χ1) is 5.65. The monoisotopic (exact) mass is 181 g/mol. The third-order valence-corrected chi connectivity index (χ3v) is 2.00. The molecule has 0 aliphatic heterocycles. The highest BCUT2D eigenvalue weighted by atomic mass is 19.3. The number of hydrogen-bond acceptors (Lipinski definition) is 3. The Hall–Kier alpha value is -0.260. The summed E-state index contributed by atoms with van der Waals surface area (Å²) in [7, 11) is 1.50. The number of hydrogen-bond donors (Lipinski definition) is 1. The van der Waals surface area contributed by atoms with Gasteiger partial charge in [-0.3, -0.25) is 0 Å². The van der Waals surface area contributed by atoms with Gasteiger partial charge in [-0.05, 0) is 6.42 Å². The van der Waals surface area contributed by atoms with E-state index in [9.17, 15) is 8.78 Å². The Morgan fingerprint density at radius 1 is 1.58 bits per heavy atom. The lowest BCUT2D eigenvalue weighted by atomic mass is 9.86. The largest absolute Gasteiger partial charge is 0.377 e. The summed E-state index contributed by atoms with van der Waals surface area (Å²) in [4.78, 5) is 0. The fourth-order valence-corrected chi connectivity index (χ4v) is 1.30. The second kappa shape index (κ2) is 4.11. The van der Waals surface area contributed by atoms with E-state index in [1.54, 1.807) is 0 Å². The van der Waals surface area contributed by atoms with Gasteiger partial charge >= 0.3 is 0 Å². The van der Waals surface area contributed by atoms with Crippen LogP contribution in [-0.2, 0) is 9.47 Å². The topological polar surface area (TPSA) is 44.5 Å². The van der Waals surface area contributed by atoms with E-state index in [2.05, 4.69) is 0 Å².